The van der Waals surface area contributed by atoms with E-state index in [-0.39, 0.29) is 17.8 Å². The van der Waals surface area contributed by atoms with Gasteiger partial charge in [-0.3, -0.25) is 0 Å². The van der Waals surface area contributed by atoms with Crippen LogP contribution in [0.4, 0.5) is 20.7 Å². The first kappa shape index (κ1) is 17.4. The van der Waals surface area contributed by atoms with Gasteiger partial charge in [-0.1, -0.05) is 17.7 Å². The first-order chi connectivity index (χ1) is 12.0. The Labute approximate surface area is 150 Å². The average molecular weight is 365 g/mol. The molecule has 1 fully saturated rings. The summed E-state index contributed by atoms with van der Waals surface area (Å²) >= 11 is 6.12. The monoisotopic (exact) mass is 364 g/mol. The molecule has 1 unspecified atom stereocenters. The molecule has 8 heteroatoms. The molecule has 0 spiro atoms. The van der Waals surface area contributed by atoms with E-state index in [0.29, 0.717) is 35.6 Å². The number of carbonyl (C=O) groups is 1. The van der Waals surface area contributed by atoms with Crippen LogP contribution in [0.2, 0.25) is 5.15 Å². The van der Waals surface area contributed by atoms with Crippen molar-refractivity contribution < 1.29 is 13.9 Å². The molecule has 1 N–H and O–H groups in total. The molecule has 132 valence electrons. The number of anilines is 2. The average Bonchev–Trinajstić information content (AvgIpc) is 2.60. The molecule has 1 saturated heterocycles. The maximum Gasteiger partial charge on any atom is 0.409 e. The van der Waals surface area contributed by atoms with Gasteiger partial charge in [-0.25, -0.2) is 19.2 Å². The van der Waals surface area contributed by atoms with Gasteiger partial charge in [0, 0.05) is 30.8 Å². The predicted octanol–water partition coefficient (Wildman–Crippen LogP) is 3.96. The van der Waals surface area contributed by atoms with Crippen molar-refractivity contribution >= 4 is 29.2 Å². The van der Waals surface area contributed by atoms with Crippen LogP contribution in [0.5, 0.6) is 0 Å². The van der Waals surface area contributed by atoms with Crippen LogP contribution in [0.1, 0.15) is 24.6 Å². The van der Waals surface area contributed by atoms with E-state index >= 15 is 0 Å². The molecular weight excluding hydrogens is 347 g/mol. The van der Waals surface area contributed by atoms with Crippen molar-refractivity contribution in [1.82, 2.24) is 14.9 Å². The number of piperidine rings is 1. The maximum absolute atomic E-state index is 13.3. The number of carbonyl (C=O) groups excluding carboxylic acids is 1. The van der Waals surface area contributed by atoms with Crippen molar-refractivity contribution in [3.05, 3.63) is 47.1 Å². The number of hydrogen-bond acceptors (Lipinski definition) is 5. The van der Waals surface area contributed by atoms with E-state index in [1.807, 2.05) is 0 Å². The van der Waals surface area contributed by atoms with Gasteiger partial charge in [0.2, 0.25) is 0 Å². The minimum Gasteiger partial charge on any atom is -0.453 e. The van der Waals surface area contributed by atoms with Crippen LogP contribution in [-0.2, 0) is 4.74 Å². The minimum atomic E-state index is -0.357. The lowest BCUT2D eigenvalue weighted by Gasteiger charge is -2.30. The molecule has 2 aromatic rings. The zero-order valence-corrected chi connectivity index (χ0v) is 14.5. The molecule has 0 aliphatic carbocycles. The number of nitrogens with one attached hydrogen (secondary N) is 1. The van der Waals surface area contributed by atoms with Crippen LogP contribution in [0.3, 0.4) is 0 Å². The highest BCUT2D eigenvalue weighted by molar-refractivity contribution is 6.29. The third-order valence-corrected chi connectivity index (χ3v) is 4.22. The van der Waals surface area contributed by atoms with Gasteiger partial charge in [0.05, 0.1) is 7.11 Å². The number of benzene rings is 1. The number of aromatic nitrogens is 2. The van der Waals surface area contributed by atoms with E-state index in [4.69, 9.17) is 16.3 Å². The number of rotatable bonds is 3. The van der Waals surface area contributed by atoms with Crippen molar-refractivity contribution in [3.8, 4) is 0 Å². The smallest absolute Gasteiger partial charge is 0.409 e. The normalized spacial score (nSPS) is 17.2. The first-order valence-corrected chi connectivity index (χ1v) is 8.33. The van der Waals surface area contributed by atoms with Gasteiger partial charge >= 0.3 is 6.09 Å². The summed E-state index contributed by atoms with van der Waals surface area (Å²) < 4.78 is 18.1. The van der Waals surface area contributed by atoms with Gasteiger partial charge in [-0.2, -0.15) is 0 Å². The highest BCUT2D eigenvalue weighted by Crippen LogP contribution is 2.27. The molecule has 1 aliphatic heterocycles. The van der Waals surface area contributed by atoms with Crippen LogP contribution in [0.15, 0.2) is 30.3 Å². The van der Waals surface area contributed by atoms with Crippen molar-refractivity contribution in [3.63, 3.8) is 0 Å². The standard InChI is InChI=1S/C17H18ClFN4O2/c1-25-17(24)23-7-3-4-11(10-23)16-21-14(18)9-15(22-16)20-13-6-2-5-12(19)8-13/h2,5-6,8-9,11H,3-4,7,10H2,1H3,(H,20,21,22). The van der Waals surface area contributed by atoms with E-state index in [0.717, 1.165) is 12.8 Å². The number of likely N-dealkylation sites (tertiary alicyclic amines) is 1. The molecular formula is C17H18ClFN4O2. The Morgan fingerprint density at radius 2 is 2.24 bits per heavy atom. The van der Waals surface area contributed by atoms with Gasteiger partial charge in [0.25, 0.3) is 0 Å². The fraction of sp³-hybridized carbons (Fsp3) is 0.353. The van der Waals surface area contributed by atoms with Gasteiger partial charge in [0.15, 0.2) is 0 Å². The number of halogens is 2. The predicted molar refractivity (Wildman–Crippen MR) is 92.7 cm³/mol. The molecule has 2 heterocycles. The largest absolute Gasteiger partial charge is 0.453 e. The highest BCUT2D eigenvalue weighted by Gasteiger charge is 2.27. The number of hydrogen-bond donors (Lipinski definition) is 1. The molecule has 0 radical (unpaired) electrons. The molecule has 1 amide bonds. The number of methoxy groups -OCH3 is 1. The van der Waals surface area contributed by atoms with Gasteiger partial charge < -0.3 is 15.0 Å². The Bertz CT molecular complexity index is 774. The summed E-state index contributed by atoms with van der Waals surface area (Å²) in [6.07, 6.45) is 1.33. The van der Waals surface area contributed by atoms with E-state index in [1.165, 1.54) is 19.2 Å². The van der Waals surface area contributed by atoms with Gasteiger partial charge in [-0.05, 0) is 31.0 Å². The zero-order chi connectivity index (χ0) is 17.8. The molecule has 0 bridgehead atoms. The van der Waals surface area contributed by atoms with E-state index in [1.54, 1.807) is 23.1 Å². The molecule has 1 atom stereocenters. The van der Waals surface area contributed by atoms with Crippen LogP contribution in [0.25, 0.3) is 0 Å². The van der Waals surface area contributed by atoms with Crippen molar-refractivity contribution in [2.75, 3.05) is 25.5 Å². The number of ether oxygens (including phenoxy) is 1. The third kappa shape index (κ3) is 4.36. The molecule has 6 nitrogen and oxygen atoms in total. The second-order valence-electron chi connectivity index (χ2n) is 5.82. The second-order valence-corrected chi connectivity index (χ2v) is 6.21. The Hall–Kier alpha value is -2.41. The summed E-state index contributed by atoms with van der Waals surface area (Å²) in [5.74, 6) is 0.668. The first-order valence-electron chi connectivity index (χ1n) is 7.95. The lowest BCUT2D eigenvalue weighted by molar-refractivity contribution is 0.110. The Kier molecular flexibility index (Phi) is 5.33. The van der Waals surface area contributed by atoms with Crippen molar-refractivity contribution in [2.45, 2.75) is 18.8 Å². The summed E-state index contributed by atoms with van der Waals surface area (Å²) in [6.45, 7) is 1.13. The molecule has 0 saturated carbocycles. The van der Waals surface area contributed by atoms with Crippen LogP contribution < -0.4 is 5.32 Å². The second kappa shape index (κ2) is 7.65. The molecule has 1 aromatic carbocycles. The highest BCUT2D eigenvalue weighted by atomic mass is 35.5. The SMILES string of the molecule is COC(=O)N1CCCC(c2nc(Cl)cc(Nc3cccc(F)c3)n2)C1. The summed E-state index contributed by atoms with van der Waals surface area (Å²) in [5.41, 5.74) is 0.570. The molecule has 25 heavy (non-hydrogen) atoms. The summed E-state index contributed by atoms with van der Waals surface area (Å²) in [4.78, 5) is 22.2. The van der Waals surface area contributed by atoms with Crippen LogP contribution >= 0.6 is 11.6 Å². The van der Waals surface area contributed by atoms with Gasteiger partial charge in [0.1, 0.15) is 22.6 Å². The molecule has 1 aliphatic rings. The minimum absolute atomic E-state index is 0.0281. The Morgan fingerprint density at radius 1 is 1.40 bits per heavy atom. The maximum atomic E-state index is 13.3. The number of amides is 1. The summed E-state index contributed by atoms with van der Waals surface area (Å²) in [6, 6.07) is 7.66. The lowest BCUT2D eigenvalue weighted by Crippen LogP contribution is -2.39. The topological polar surface area (TPSA) is 67.3 Å². The van der Waals surface area contributed by atoms with Gasteiger partial charge in [-0.15, -0.1) is 0 Å². The molecule has 1 aromatic heterocycles. The Morgan fingerprint density at radius 3 is 3.00 bits per heavy atom. The summed E-state index contributed by atoms with van der Waals surface area (Å²) in [5, 5.41) is 3.32. The van der Waals surface area contributed by atoms with Crippen molar-refractivity contribution in [2.24, 2.45) is 0 Å². The summed E-state index contributed by atoms with van der Waals surface area (Å²) in [7, 11) is 1.36. The molecule has 3 rings (SSSR count). The van der Waals surface area contributed by atoms with E-state index in [2.05, 4.69) is 15.3 Å². The fourth-order valence-corrected chi connectivity index (χ4v) is 3.07. The number of nitrogens with zero attached hydrogens (tertiary/aromatic N) is 3. The zero-order valence-electron chi connectivity index (χ0n) is 13.7. The van der Waals surface area contributed by atoms with E-state index in [9.17, 15) is 9.18 Å². The quantitative estimate of drug-likeness (QED) is 0.835. The third-order valence-electron chi connectivity index (χ3n) is 4.03. The lowest BCUT2D eigenvalue weighted by atomic mass is 9.97. The van der Waals surface area contributed by atoms with Crippen molar-refractivity contribution in [1.29, 1.82) is 0 Å². The van der Waals surface area contributed by atoms with Crippen LogP contribution in [0, 0.1) is 5.82 Å². The Balaban J connectivity index is 1.80. The van der Waals surface area contributed by atoms with E-state index < -0.39 is 0 Å². The fourth-order valence-electron chi connectivity index (χ4n) is 2.88. The van der Waals surface area contributed by atoms with Crippen LogP contribution in [-0.4, -0.2) is 41.2 Å².